The summed E-state index contributed by atoms with van der Waals surface area (Å²) in [6.45, 7) is 1.75. The van der Waals surface area contributed by atoms with Crippen LogP contribution in [0.3, 0.4) is 0 Å². The Kier molecular flexibility index (Phi) is 2.26. The van der Waals surface area contributed by atoms with Gasteiger partial charge in [0.1, 0.15) is 0 Å². The molecule has 0 saturated carbocycles. The van der Waals surface area contributed by atoms with E-state index in [4.69, 9.17) is 5.11 Å². The van der Waals surface area contributed by atoms with Gasteiger partial charge in [-0.3, -0.25) is 0 Å². The van der Waals surface area contributed by atoms with Crippen molar-refractivity contribution >= 4 is 7.35 Å². The molecule has 1 aromatic carbocycles. The Labute approximate surface area is 64.9 Å². The van der Waals surface area contributed by atoms with Gasteiger partial charge in [0.25, 0.3) is 0 Å². The Morgan fingerprint density at radius 1 is 1.55 bits per heavy atom. The van der Waals surface area contributed by atoms with Crippen molar-refractivity contribution in [3.8, 4) is 11.5 Å². The molecule has 1 N–H and O–H groups in total. The zero-order valence-electron chi connectivity index (χ0n) is 6.07. The molecule has 0 aliphatic heterocycles. The molecule has 0 saturated heterocycles. The SMILES string of the molecule is Cc1cc(O)ccc1OB=O. The second-order valence-corrected chi connectivity index (χ2v) is 2.16. The molecule has 0 aliphatic rings. The van der Waals surface area contributed by atoms with E-state index in [0.29, 0.717) is 13.1 Å². The van der Waals surface area contributed by atoms with E-state index in [2.05, 4.69) is 4.65 Å². The molecule has 1 rings (SSSR count). The summed E-state index contributed by atoms with van der Waals surface area (Å²) in [7, 11) is 0.360. The third-order valence-corrected chi connectivity index (χ3v) is 1.33. The molecular formula is C7H7BO3. The molecule has 11 heavy (non-hydrogen) atoms. The standard InChI is InChI=1S/C7H7BO3/c1-5-4-6(9)2-3-7(5)11-8-10/h2-4,9H,1H3. The van der Waals surface area contributed by atoms with Gasteiger partial charge in [-0.1, -0.05) is 0 Å². The number of phenols is 1. The van der Waals surface area contributed by atoms with Gasteiger partial charge < -0.3 is 0 Å². The maximum atomic E-state index is 9.93. The van der Waals surface area contributed by atoms with Crippen LogP contribution in [0.2, 0.25) is 0 Å². The molecule has 0 fully saturated rings. The fourth-order valence-corrected chi connectivity index (χ4v) is 0.818. The average molecular weight is 150 g/mol. The second kappa shape index (κ2) is 3.19. The number of rotatable bonds is 2. The van der Waals surface area contributed by atoms with Crippen LogP contribution in [0.4, 0.5) is 0 Å². The predicted octanol–water partition coefficient (Wildman–Crippen LogP) is 1.04. The normalized spacial score (nSPS) is 8.82. The van der Waals surface area contributed by atoms with Crippen molar-refractivity contribution in [2.45, 2.75) is 6.92 Å². The van der Waals surface area contributed by atoms with Gasteiger partial charge in [-0.15, -0.1) is 0 Å². The van der Waals surface area contributed by atoms with Gasteiger partial charge in [0.2, 0.25) is 0 Å². The van der Waals surface area contributed by atoms with Crippen LogP contribution in [0.15, 0.2) is 18.2 Å². The van der Waals surface area contributed by atoms with Gasteiger partial charge in [0.15, 0.2) is 0 Å². The zero-order chi connectivity index (χ0) is 8.27. The van der Waals surface area contributed by atoms with Crippen LogP contribution in [0.5, 0.6) is 11.5 Å². The van der Waals surface area contributed by atoms with Crippen LogP contribution in [0, 0.1) is 6.92 Å². The summed E-state index contributed by atoms with van der Waals surface area (Å²) >= 11 is 0. The molecular weight excluding hydrogens is 143 g/mol. The summed E-state index contributed by atoms with van der Waals surface area (Å²) in [5.74, 6) is 0.638. The summed E-state index contributed by atoms with van der Waals surface area (Å²) in [6, 6.07) is 4.53. The summed E-state index contributed by atoms with van der Waals surface area (Å²) in [4.78, 5) is 0. The van der Waals surface area contributed by atoms with Crippen LogP contribution in [0.25, 0.3) is 0 Å². The van der Waals surface area contributed by atoms with Crippen molar-refractivity contribution in [1.82, 2.24) is 0 Å². The Morgan fingerprint density at radius 3 is 2.82 bits per heavy atom. The third-order valence-electron chi connectivity index (χ3n) is 1.33. The van der Waals surface area contributed by atoms with Crippen molar-refractivity contribution in [1.29, 1.82) is 0 Å². The Bertz CT molecular complexity index is 272. The Hall–Kier alpha value is -1.32. The molecule has 0 unspecified atom stereocenters. The molecule has 3 nitrogen and oxygen atoms in total. The molecule has 1 aromatic rings. The minimum atomic E-state index is 0.167. The first-order valence-electron chi connectivity index (χ1n) is 3.14. The second-order valence-electron chi connectivity index (χ2n) is 2.16. The number of aromatic hydroxyl groups is 1. The third kappa shape index (κ3) is 1.80. The van der Waals surface area contributed by atoms with E-state index in [1.807, 2.05) is 0 Å². The number of benzene rings is 1. The number of aryl methyl sites for hydroxylation is 1. The van der Waals surface area contributed by atoms with E-state index in [1.165, 1.54) is 12.1 Å². The fraction of sp³-hybridized carbons (Fsp3) is 0.143. The van der Waals surface area contributed by atoms with Gasteiger partial charge in [0.05, 0.1) is 0 Å². The minimum absolute atomic E-state index is 0.167. The van der Waals surface area contributed by atoms with Gasteiger partial charge in [0, 0.05) is 0 Å². The van der Waals surface area contributed by atoms with E-state index < -0.39 is 0 Å². The molecule has 0 aliphatic carbocycles. The zero-order valence-corrected chi connectivity index (χ0v) is 6.07. The number of hydrogen-bond acceptors (Lipinski definition) is 3. The Balaban J connectivity index is 2.98. The molecule has 0 amide bonds. The average Bonchev–Trinajstić information content (AvgIpc) is 1.95. The number of phenolic OH excluding ortho intramolecular Hbond substituents is 1. The maximum absolute atomic E-state index is 9.93. The van der Waals surface area contributed by atoms with E-state index in [-0.39, 0.29) is 5.75 Å². The summed E-state index contributed by atoms with van der Waals surface area (Å²) in [5, 5.41) is 8.96. The first kappa shape index (κ1) is 7.79. The van der Waals surface area contributed by atoms with Crippen molar-refractivity contribution in [3.05, 3.63) is 23.8 Å². The van der Waals surface area contributed by atoms with Gasteiger partial charge >= 0.3 is 64.0 Å². The van der Waals surface area contributed by atoms with Crippen molar-refractivity contribution in [2.24, 2.45) is 0 Å². The van der Waals surface area contributed by atoms with E-state index >= 15 is 0 Å². The van der Waals surface area contributed by atoms with Gasteiger partial charge in [-0.25, -0.2) is 0 Å². The molecule has 0 spiro atoms. The molecule has 0 atom stereocenters. The van der Waals surface area contributed by atoms with Crippen LogP contribution in [0.1, 0.15) is 5.56 Å². The van der Waals surface area contributed by atoms with Crippen molar-refractivity contribution in [3.63, 3.8) is 0 Å². The van der Waals surface area contributed by atoms with Crippen LogP contribution >= 0.6 is 0 Å². The van der Waals surface area contributed by atoms with Crippen LogP contribution < -0.4 is 4.65 Å². The summed E-state index contributed by atoms with van der Waals surface area (Å²) < 4.78 is 14.5. The summed E-state index contributed by atoms with van der Waals surface area (Å²) in [6.07, 6.45) is 0. The van der Waals surface area contributed by atoms with Crippen molar-refractivity contribution in [2.75, 3.05) is 0 Å². The fourth-order valence-electron chi connectivity index (χ4n) is 0.818. The van der Waals surface area contributed by atoms with Crippen molar-refractivity contribution < 1.29 is 14.5 Å². The predicted molar refractivity (Wildman–Crippen MR) is 39.9 cm³/mol. The molecule has 4 heteroatoms. The Morgan fingerprint density at radius 2 is 2.27 bits per heavy atom. The monoisotopic (exact) mass is 150 g/mol. The summed E-state index contributed by atoms with van der Waals surface area (Å²) in [5.41, 5.74) is 0.733. The van der Waals surface area contributed by atoms with E-state index in [1.54, 1.807) is 13.0 Å². The van der Waals surface area contributed by atoms with E-state index in [0.717, 1.165) is 5.56 Å². The molecule has 56 valence electrons. The quantitative estimate of drug-likeness (QED) is 0.640. The first-order valence-corrected chi connectivity index (χ1v) is 3.14. The first-order chi connectivity index (χ1) is 5.24. The van der Waals surface area contributed by atoms with Gasteiger partial charge in [-0.05, 0) is 0 Å². The number of hydrogen-bond donors (Lipinski definition) is 1. The van der Waals surface area contributed by atoms with Gasteiger partial charge in [-0.2, -0.15) is 0 Å². The topological polar surface area (TPSA) is 46.5 Å². The van der Waals surface area contributed by atoms with Crippen LogP contribution in [-0.2, 0) is 4.70 Å². The molecule has 0 radical (unpaired) electrons. The molecule has 0 heterocycles. The van der Waals surface area contributed by atoms with Crippen LogP contribution in [-0.4, -0.2) is 12.5 Å². The molecule has 0 aromatic heterocycles. The molecule has 0 bridgehead atoms. The van der Waals surface area contributed by atoms with E-state index in [9.17, 15) is 4.70 Å².